The topological polar surface area (TPSA) is 12.0 Å². The maximum Gasteiger partial charge on any atom is 0.0893 e. The molecule has 2 fully saturated rings. The molecule has 0 aromatic rings. The van der Waals surface area contributed by atoms with E-state index < -0.39 is 0 Å². The minimum Gasteiger partial charge on any atom is -0.316 e. The van der Waals surface area contributed by atoms with Gasteiger partial charge in [-0.1, -0.05) is 31.9 Å². The lowest BCUT2D eigenvalue weighted by atomic mass is 10.4. The van der Waals surface area contributed by atoms with Crippen molar-refractivity contribution in [2.45, 2.75) is 3.23 Å². The van der Waals surface area contributed by atoms with E-state index in [0.29, 0.717) is 3.23 Å². The van der Waals surface area contributed by atoms with E-state index in [2.05, 4.69) is 37.2 Å². The maximum atomic E-state index is 3.61. The SMILES string of the molecule is BrC1(Br)C2CNCC21.Cl. The van der Waals surface area contributed by atoms with E-state index in [1.807, 2.05) is 0 Å². The second-order valence-corrected chi connectivity index (χ2v) is 6.23. The zero-order valence-corrected chi connectivity index (χ0v) is 8.72. The number of nitrogens with one attached hydrogen (secondary N) is 1. The third-order valence-electron chi connectivity index (χ3n) is 2.09. The Morgan fingerprint density at radius 1 is 1.22 bits per heavy atom. The molecule has 54 valence electrons. The number of halogens is 3. The van der Waals surface area contributed by atoms with Gasteiger partial charge in [-0.25, -0.2) is 0 Å². The Morgan fingerprint density at radius 2 is 1.67 bits per heavy atom. The molecule has 1 heterocycles. The summed E-state index contributed by atoms with van der Waals surface area (Å²) in [5, 5.41) is 3.32. The molecule has 4 heteroatoms. The second kappa shape index (κ2) is 2.36. The van der Waals surface area contributed by atoms with E-state index in [4.69, 9.17) is 0 Å². The second-order valence-electron chi connectivity index (χ2n) is 2.55. The highest BCUT2D eigenvalue weighted by atomic mass is 79.9. The summed E-state index contributed by atoms with van der Waals surface area (Å²) in [4.78, 5) is 0. The van der Waals surface area contributed by atoms with Gasteiger partial charge in [0.05, 0.1) is 3.23 Å². The molecule has 2 unspecified atom stereocenters. The minimum absolute atomic E-state index is 0. The van der Waals surface area contributed by atoms with Crippen LogP contribution in [0.4, 0.5) is 0 Å². The summed E-state index contributed by atoms with van der Waals surface area (Å²) in [6, 6.07) is 0. The number of fused-ring (bicyclic) bond motifs is 1. The quantitative estimate of drug-likeness (QED) is 0.665. The summed E-state index contributed by atoms with van der Waals surface area (Å²) in [7, 11) is 0. The van der Waals surface area contributed by atoms with Crippen LogP contribution in [0.1, 0.15) is 0 Å². The van der Waals surface area contributed by atoms with Gasteiger partial charge in [0.25, 0.3) is 0 Å². The van der Waals surface area contributed by atoms with Crippen molar-refractivity contribution in [3.05, 3.63) is 0 Å². The molecule has 2 aliphatic rings. The van der Waals surface area contributed by atoms with Crippen molar-refractivity contribution in [3.8, 4) is 0 Å². The van der Waals surface area contributed by atoms with Gasteiger partial charge >= 0.3 is 0 Å². The first-order chi connectivity index (χ1) is 3.73. The van der Waals surface area contributed by atoms with Crippen LogP contribution in [0, 0.1) is 11.8 Å². The summed E-state index contributed by atoms with van der Waals surface area (Å²) in [6.45, 7) is 2.36. The van der Waals surface area contributed by atoms with Crippen LogP contribution in [0.5, 0.6) is 0 Å². The molecule has 0 amide bonds. The van der Waals surface area contributed by atoms with Crippen molar-refractivity contribution in [3.63, 3.8) is 0 Å². The van der Waals surface area contributed by atoms with E-state index in [9.17, 15) is 0 Å². The molecule has 1 N–H and O–H groups in total. The summed E-state index contributed by atoms with van der Waals surface area (Å²) in [5.74, 6) is 1.70. The fourth-order valence-electron chi connectivity index (χ4n) is 1.41. The summed E-state index contributed by atoms with van der Waals surface area (Å²) >= 11 is 7.21. The van der Waals surface area contributed by atoms with Gasteiger partial charge in [0, 0.05) is 24.9 Å². The molecule has 0 aromatic heterocycles. The predicted molar refractivity (Wildman–Crippen MR) is 47.7 cm³/mol. The van der Waals surface area contributed by atoms with E-state index in [1.54, 1.807) is 0 Å². The van der Waals surface area contributed by atoms with Crippen molar-refractivity contribution < 1.29 is 0 Å². The molecule has 0 spiro atoms. The lowest BCUT2D eigenvalue weighted by molar-refractivity contribution is 0.730. The van der Waals surface area contributed by atoms with Crippen molar-refractivity contribution in [2.75, 3.05) is 13.1 Å². The molecule has 9 heavy (non-hydrogen) atoms. The van der Waals surface area contributed by atoms with Crippen molar-refractivity contribution in [2.24, 2.45) is 11.8 Å². The molecule has 1 aliphatic heterocycles. The van der Waals surface area contributed by atoms with Crippen molar-refractivity contribution >= 4 is 44.3 Å². The third kappa shape index (κ3) is 1.06. The van der Waals surface area contributed by atoms with Crippen LogP contribution in [0.25, 0.3) is 0 Å². The smallest absolute Gasteiger partial charge is 0.0893 e. The first kappa shape index (κ1) is 8.31. The van der Waals surface area contributed by atoms with Gasteiger partial charge in [-0.15, -0.1) is 12.4 Å². The van der Waals surface area contributed by atoms with Crippen LogP contribution in [0.2, 0.25) is 0 Å². The van der Waals surface area contributed by atoms with Crippen LogP contribution < -0.4 is 5.32 Å². The number of piperidine rings is 1. The van der Waals surface area contributed by atoms with E-state index in [-0.39, 0.29) is 12.4 Å². The molecule has 1 aliphatic carbocycles. The first-order valence-corrected chi connectivity index (χ1v) is 4.40. The molecule has 2 rings (SSSR count). The molecule has 0 radical (unpaired) electrons. The highest BCUT2D eigenvalue weighted by Crippen LogP contribution is 2.63. The standard InChI is InChI=1S/C5H7Br2N.ClH/c6-5(7)3-1-8-2-4(3)5;/h3-4,8H,1-2H2;1H. The van der Waals surface area contributed by atoms with Gasteiger partial charge < -0.3 is 5.32 Å². The summed E-state index contributed by atoms with van der Waals surface area (Å²) in [6.07, 6.45) is 0. The van der Waals surface area contributed by atoms with Gasteiger partial charge in [0.2, 0.25) is 0 Å². The average Bonchev–Trinajstić information content (AvgIpc) is 2.22. The average molecular weight is 277 g/mol. The van der Waals surface area contributed by atoms with Crippen LogP contribution >= 0.6 is 44.3 Å². The Hall–Kier alpha value is 1.21. The van der Waals surface area contributed by atoms with E-state index in [0.717, 1.165) is 11.8 Å². The minimum atomic E-state index is 0. The van der Waals surface area contributed by atoms with E-state index >= 15 is 0 Å². The van der Waals surface area contributed by atoms with Gasteiger partial charge in [-0.05, 0) is 0 Å². The summed E-state index contributed by atoms with van der Waals surface area (Å²) in [5.41, 5.74) is 0. The molecule has 1 nitrogen and oxygen atoms in total. The largest absolute Gasteiger partial charge is 0.316 e. The van der Waals surface area contributed by atoms with Gasteiger partial charge in [0.15, 0.2) is 0 Å². The monoisotopic (exact) mass is 275 g/mol. The maximum absolute atomic E-state index is 3.61. The number of hydrogen-bond donors (Lipinski definition) is 1. The predicted octanol–water partition coefficient (Wildman–Crippen LogP) is 1.74. The first-order valence-electron chi connectivity index (χ1n) is 2.81. The highest BCUT2D eigenvalue weighted by molar-refractivity contribution is 9.25. The summed E-state index contributed by atoms with van der Waals surface area (Å²) < 4.78 is 0.325. The van der Waals surface area contributed by atoms with Crippen LogP contribution in [-0.4, -0.2) is 16.3 Å². The molecular weight excluding hydrogens is 269 g/mol. The van der Waals surface area contributed by atoms with Crippen molar-refractivity contribution in [1.29, 1.82) is 0 Å². The fourth-order valence-corrected chi connectivity index (χ4v) is 3.07. The zero-order valence-electron chi connectivity index (χ0n) is 4.73. The Morgan fingerprint density at radius 3 is 1.89 bits per heavy atom. The lowest BCUT2D eigenvalue weighted by Crippen LogP contribution is -2.17. The van der Waals surface area contributed by atoms with Crippen LogP contribution in [-0.2, 0) is 0 Å². The van der Waals surface area contributed by atoms with E-state index in [1.165, 1.54) is 13.1 Å². The number of hydrogen-bond acceptors (Lipinski definition) is 1. The Balaban J connectivity index is 0.000000405. The molecule has 1 saturated heterocycles. The molecule has 1 saturated carbocycles. The fraction of sp³-hybridized carbons (Fsp3) is 1.00. The lowest BCUT2D eigenvalue weighted by Gasteiger charge is -2.02. The number of alkyl halides is 2. The van der Waals surface area contributed by atoms with Gasteiger partial charge in [-0.2, -0.15) is 0 Å². The molecule has 2 atom stereocenters. The normalized spacial score (nSPS) is 43.3. The molecule has 0 aromatic carbocycles. The number of rotatable bonds is 0. The Labute approximate surface area is 77.6 Å². The molecular formula is C5H8Br2ClN. The molecule has 0 bridgehead atoms. The van der Waals surface area contributed by atoms with Gasteiger partial charge in [0.1, 0.15) is 0 Å². The highest BCUT2D eigenvalue weighted by Gasteiger charge is 2.63. The van der Waals surface area contributed by atoms with Crippen LogP contribution in [0.3, 0.4) is 0 Å². The Kier molecular flexibility index (Phi) is 2.18. The van der Waals surface area contributed by atoms with Gasteiger partial charge in [-0.3, -0.25) is 0 Å². The van der Waals surface area contributed by atoms with Crippen molar-refractivity contribution in [1.82, 2.24) is 5.32 Å². The van der Waals surface area contributed by atoms with Crippen LogP contribution in [0.15, 0.2) is 0 Å². The Bertz CT molecular complexity index is 116. The zero-order chi connectivity index (χ0) is 5.78. The third-order valence-corrected chi connectivity index (χ3v) is 4.45.